The number of nitrogens with zero attached hydrogens (tertiary/aromatic N) is 2. The summed E-state index contributed by atoms with van der Waals surface area (Å²) in [7, 11) is 0. The molecule has 1 spiro atoms. The van der Waals surface area contributed by atoms with Gasteiger partial charge in [0.2, 0.25) is 0 Å². The fraction of sp³-hybridized carbons (Fsp3) is 0.120. The Morgan fingerprint density at radius 2 is 0.904 bits per heavy atom. The lowest BCUT2D eigenvalue weighted by Gasteiger charge is -2.36. The summed E-state index contributed by atoms with van der Waals surface area (Å²) in [6, 6.07) is 61.6. The Morgan fingerprint density at radius 1 is 0.365 bits per heavy atom. The minimum Gasteiger partial charge on any atom is -0.228 e. The van der Waals surface area contributed by atoms with Crippen LogP contribution >= 0.6 is 0 Å². The van der Waals surface area contributed by atoms with Crippen molar-refractivity contribution in [3.8, 4) is 67.3 Å². The summed E-state index contributed by atoms with van der Waals surface area (Å²) < 4.78 is 0. The van der Waals surface area contributed by atoms with Crippen LogP contribution in [0.2, 0.25) is 0 Å². The number of rotatable bonds is 5. The highest BCUT2D eigenvalue weighted by molar-refractivity contribution is 6.02. The highest BCUT2D eigenvalue weighted by atomic mass is 14.9. The van der Waals surface area contributed by atoms with E-state index < -0.39 is 0 Å². The summed E-state index contributed by atoms with van der Waals surface area (Å²) in [5.41, 5.74) is 15.8. The predicted octanol–water partition coefficient (Wildman–Crippen LogP) is 13.2. The van der Waals surface area contributed by atoms with Crippen LogP contribution in [-0.4, -0.2) is 9.97 Å². The number of hydrogen-bond acceptors (Lipinski definition) is 2. The third kappa shape index (κ3) is 5.01. The molecule has 1 aromatic heterocycles. The van der Waals surface area contributed by atoms with Gasteiger partial charge in [-0.15, -0.1) is 0 Å². The van der Waals surface area contributed by atoms with Gasteiger partial charge in [-0.3, -0.25) is 0 Å². The first-order valence-electron chi connectivity index (χ1n) is 18.6. The van der Waals surface area contributed by atoms with Crippen molar-refractivity contribution in [2.45, 2.75) is 37.5 Å². The van der Waals surface area contributed by atoms with Crippen molar-refractivity contribution in [2.24, 2.45) is 0 Å². The van der Waals surface area contributed by atoms with Gasteiger partial charge in [0.05, 0.1) is 11.4 Å². The van der Waals surface area contributed by atoms with Crippen molar-refractivity contribution in [3.63, 3.8) is 0 Å². The minimum atomic E-state index is 0.0679. The first kappa shape index (κ1) is 30.7. The zero-order valence-electron chi connectivity index (χ0n) is 29.1. The van der Waals surface area contributed by atoms with E-state index in [1.807, 2.05) is 12.1 Å². The van der Waals surface area contributed by atoms with E-state index in [-0.39, 0.29) is 5.41 Å². The van der Waals surface area contributed by atoms with Gasteiger partial charge in [0, 0.05) is 22.1 Å². The molecule has 10 rings (SSSR count). The molecule has 0 radical (unpaired) electrons. The standard InChI is InChI=1S/C50H38N2/c1-4-17-34(18-5-1)46-33-47(52-49(51-46)35-19-6-2-7-20-35)41-26-13-12-24-39(41)38-23-10-11-25-40(38)42-27-16-28-44-48(42)43-31-36-21-8-9-22-37(36)32-45(43)50(44)29-14-3-15-30-50/h1-2,4-13,16-28,31-33H,3,14-15,29-30H2. The van der Waals surface area contributed by atoms with Gasteiger partial charge in [0.25, 0.3) is 0 Å². The molecule has 0 bridgehead atoms. The monoisotopic (exact) mass is 666 g/mol. The third-order valence-corrected chi connectivity index (χ3v) is 11.5. The van der Waals surface area contributed by atoms with Crippen LogP contribution in [0.1, 0.15) is 43.2 Å². The second-order valence-electron chi connectivity index (χ2n) is 14.4. The molecule has 0 N–H and O–H groups in total. The Morgan fingerprint density at radius 3 is 1.62 bits per heavy atom. The van der Waals surface area contributed by atoms with E-state index in [9.17, 15) is 0 Å². The van der Waals surface area contributed by atoms with Crippen LogP contribution in [0.3, 0.4) is 0 Å². The van der Waals surface area contributed by atoms with Gasteiger partial charge in [0.15, 0.2) is 5.82 Å². The highest BCUT2D eigenvalue weighted by Crippen LogP contribution is 2.59. The zero-order valence-corrected chi connectivity index (χ0v) is 29.1. The molecule has 2 nitrogen and oxygen atoms in total. The number of aromatic nitrogens is 2. The third-order valence-electron chi connectivity index (χ3n) is 11.5. The number of fused-ring (bicyclic) bond motifs is 6. The van der Waals surface area contributed by atoms with Crippen LogP contribution in [0.4, 0.5) is 0 Å². The van der Waals surface area contributed by atoms with Gasteiger partial charge in [0.1, 0.15) is 0 Å². The molecular formula is C50H38N2. The maximum absolute atomic E-state index is 5.25. The van der Waals surface area contributed by atoms with Gasteiger partial charge in [-0.25, -0.2) is 9.97 Å². The summed E-state index contributed by atoms with van der Waals surface area (Å²) in [6.07, 6.45) is 6.28. The molecule has 52 heavy (non-hydrogen) atoms. The predicted molar refractivity (Wildman–Crippen MR) is 216 cm³/mol. The quantitative estimate of drug-likeness (QED) is 0.183. The molecule has 2 aliphatic carbocycles. The minimum absolute atomic E-state index is 0.0679. The Labute approximate surface area is 305 Å². The molecule has 1 saturated carbocycles. The first-order chi connectivity index (χ1) is 25.8. The summed E-state index contributed by atoms with van der Waals surface area (Å²) in [5, 5.41) is 2.64. The molecular weight excluding hydrogens is 629 g/mol. The first-order valence-corrected chi connectivity index (χ1v) is 18.6. The van der Waals surface area contributed by atoms with E-state index in [0.29, 0.717) is 0 Å². The lowest BCUT2D eigenvalue weighted by Crippen LogP contribution is -2.28. The Hall–Kier alpha value is -6.12. The maximum Gasteiger partial charge on any atom is 0.160 e. The van der Waals surface area contributed by atoms with Crippen LogP contribution in [0, 0.1) is 0 Å². The highest BCUT2D eigenvalue weighted by Gasteiger charge is 2.44. The molecule has 2 heteroatoms. The van der Waals surface area contributed by atoms with Gasteiger partial charge in [-0.05, 0) is 86.3 Å². The van der Waals surface area contributed by atoms with Crippen LogP contribution in [0.25, 0.3) is 78.1 Å². The van der Waals surface area contributed by atoms with Crippen LogP contribution in [-0.2, 0) is 5.41 Å². The van der Waals surface area contributed by atoms with Crippen LogP contribution < -0.4 is 0 Å². The van der Waals surface area contributed by atoms with E-state index >= 15 is 0 Å². The van der Waals surface area contributed by atoms with Crippen molar-refractivity contribution in [2.75, 3.05) is 0 Å². The Bertz CT molecular complexity index is 2540. The van der Waals surface area contributed by atoms with Crippen molar-refractivity contribution < 1.29 is 0 Å². The molecule has 1 fully saturated rings. The van der Waals surface area contributed by atoms with Gasteiger partial charge >= 0.3 is 0 Å². The van der Waals surface area contributed by atoms with Gasteiger partial charge < -0.3 is 0 Å². The fourth-order valence-electron chi connectivity index (χ4n) is 9.10. The number of benzene rings is 7. The van der Waals surface area contributed by atoms with E-state index in [1.165, 1.54) is 81.8 Å². The summed E-state index contributed by atoms with van der Waals surface area (Å²) in [4.78, 5) is 10.3. The molecule has 248 valence electrons. The molecule has 7 aromatic carbocycles. The molecule has 0 aliphatic heterocycles. The molecule has 0 unspecified atom stereocenters. The van der Waals surface area contributed by atoms with E-state index in [0.717, 1.165) is 39.5 Å². The van der Waals surface area contributed by atoms with E-state index in [1.54, 1.807) is 0 Å². The van der Waals surface area contributed by atoms with Crippen LogP contribution in [0.15, 0.2) is 170 Å². The van der Waals surface area contributed by atoms with Gasteiger partial charge in [-0.1, -0.05) is 171 Å². The van der Waals surface area contributed by atoms with Crippen molar-refractivity contribution in [3.05, 3.63) is 181 Å². The average molecular weight is 667 g/mol. The van der Waals surface area contributed by atoms with Gasteiger partial charge in [-0.2, -0.15) is 0 Å². The Kier molecular flexibility index (Phi) is 7.42. The maximum atomic E-state index is 5.25. The van der Waals surface area contributed by atoms with Crippen molar-refractivity contribution in [1.29, 1.82) is 0 Å². The van der Waals surface area contributed by atoms with Crippen molar-refractivity contribution >= 4 is 10.8 Å². The molecule has 0 saturated heterocycles. The normalized spacial score (nSPS) is 14.3. The number of hydrogen-bond donors (Lipinski definition) is 0. The average Bonchev–Trinajstić information content (AvgIpc) is 3.48. The summed E-state index contributed by atoms with van der Waals surface area (Å²) in [5.74, 6) is 0.725. The van der Waals surface area contributed by atoms with E-state index in [2.05, 4.69) is 158 Å². The molecule has 8 aromatic rings. The SMILES string of the molecule is c1ccc(-c2cc(-c3ccccc3-c3ccccc3-c3cccc4c3-c3cc5ccccc5cc3C43CCCCC3)nc(-c3ccccc3)n2)cc1. The van der Waals surface area contributed by atoms with E-state index in [4.69, 9.17) is 9.97 Å². The lowest BCUT2D eigenvalue weighted by atomic mass is 9.67. The zero-order chi connectivity index (χ0) is 34.5. The molecule has 0 amide bonds. The molecule has 2 aliphatic rings. The lowest BCUT2D eigenvalue weighted by molar-refractivity contribution is 0.353. The van der Waals surface area contributed by atoms with Crippen molar-refractivity contribution in [1.82, 2.24) is 9.97 Å². The smallest absolute Gasteiger partial charge is 0.160 e. The summed E-state index contributed by atoms with van der Waals surface area (Å²) >= 11 is 0. The van der Waals surface area contributed by atoms with Crippen LogP contribution in [0.5, 0.6) is 0 Å². The second-order valence-corrected chi connectivity index (χ2v) is 14.4. The Balaban J connectivity index is 1.19. The fourth-order valence-corrected chi connectivity index (χ4v) is 9.10. The largest absolute Gasteiger partial charge is 0.228 e. The second kappa shape index (κ2) is 12.6. The summed E-state index contributed by atoms with van der Waals surface area (Å²) in [6.45, 7) is 0. The molecule has 0 atom stereocenters. The topological polar surface area (TPSA) is 25.8 Å². The molecule has 1 heterocycles.